The normalized spacial score (nSPS) is 13.4. The van der Waals surface area contributed by atoms with Gasteiger partial charge in [0.2, 0.25) is 0 Å². The molecule has 2 N–H and O–H groups in total. The predicted octanol–water partition coefficient (Wildman–Crippen LogP) is 1.56. The Kier molecular flexibility index (Phi) is 5.04. The molecule has 0 fully saturated rings. The molecule has 0 saturated carbocycles. The Morgan fingerprint density at radius 3 is 2.70 bits per heavy atom. The van der Waals surface area contributed by atoms with Crippen molar-refractivity contribution in [3.05, 3.63) is 33.9 Å². The Morgan fingerprint density at radius 1 is 1.50 bits per heavy atom. The lowest BCUT2D eigenvalue weighted by atomic mass is 10.1. The Bertz CT molecular complexity index is 513. The van der Waals surface area contributed by atoms with Gasteiger partial charge in [-0.2, -0.15) is 0 Å². The number of aryl methyl sites for hydroxylation is 1. The van der Waals surface area contributed by atoms with E-state index in [4.69, 9.17) is 15.2 Å². The molecule has 20 heavy (non-hydrogen) atoms. The molecule has 1 aromatic rings. The van der Waals surface area contributed by atoms with Gasteiger partial charge in [-0.3, -0.25) is 10.1 Å². The number of esters is 1. The molecule has 7 nitrogen and oxygen atoms in total. The molecule has 0 heterocycles. The van der Waals surface area contributed by atoms with Gasteiger partial charge in [0, 0.05) is 6.07 Å². The summed E-state index contributed by atoms with van der Waals surface area (Å²) in [6.07, 6.45) is 0. The first-order chi connectivity index (χ1) is 9.27. The summed E-state index contributed by atoms with van der Waals surface area (Å²) in [6.45, 7) is 4.85. The largest absolute Gasteiger partial charge is 0.484 e. The molecule has 0 aromatic heterocycles. The average Bonchev–Trinajstić information content (AvgIpc) is 2.37. The highest BCUT2D eigenvalue weighted by atomic mass is 16.6. The summed E-state index contributed by atoms with van der Waals surface area (Å²) >= 11 is 0. The van der Waals surface area contributed by atoms with Gasteiger partial charge in [0.05, 0.1) is 11.5 Å². The van der Waals surface area contributed by atoms with Gasteiger partial charge in [0.1, 0.15) is 12.1 Å². The minimum absolute atomic E-state index is 0.0709. The van der Waals surface area contributed by atoms with Crippen molar-refractivity contribution in [3.8, 4) is 5.75 Å². The van der Waals surface area contributed by atoms with Crippen LogP contribution in [-0.4, -0.2) is 29.6 Å². The van der Waals surface area contributed by atoms with Crippen molar-refractivity contribution in [2.24, 2.45) is 5.73 Å². The van der Waals surface area contributed by atoms with E-state index in [0.29, 0.717) is 0 Å². The van der Waals surface area contributed by atoms with Gasteiger partial charge in [-0.1, -0.05) is 6.07 Å². The summed E-state index contributed by atoms with van der Waals surface area (Å²) in [5.41, 5.74) is 4.99. The van der Waals surface area contributed by atoms with Gasteiger partial charge in [0.25, 0.3) is 0 Å². The Hall–Kier alpha value is -2.15. The highest BCUT2D eigenvalue weighted by Gasteiger charge is 2.32. The third-order valence-electron chi connectivity index (χ3n) is 2.58. The van der Waals surface area contributed by atoms with Crippen LogP contribution in [0.3, 0.4) is 0 Å². The summed E-state index contributed by atoms with van der Waals surface area (Å²) in [7, 11) is 0. The Labute approximate surface area is 116 Å². The molecule has 110 valence electrons. The highest BCUT2D eigenvalue weighted by molar-refractivity contribution is 5.80. The number of benzene rings is 1. The van der Waals surface area contributed by atoms with Gasteiger partial charge in [-0.05, 0) is 32.4 Å². The van der Waals surface area contributed by atoms with Crippen LogP contribution in [0.1, 0.15) is 19.4 Å². The molecule has 1 aromatic carbocycles. The molecule has 0 aliphatic carbocycles. The van der Waals surface area contributed by atoms with Gasteiger partial charge < -0.3 is 15.2 Å². The maximum atomic E-state index is 11.6. The van der Waals surface area contributed by atoms with Gasteiger partial charge in [0.15, 0.2) is 5.75 Å². The van der Waals surface area contributed by atoms with Crippen molar-refractivity contribution >= 4 is 11.7 Å². The fourth-order valence-corrected chi connectivity index (χ4v) is 1.47. The summed E-state index contributed by atoms with van der Waals surface area (Å²) < 4.78 is 10.1. The second-order valence-electron chi connectivity index (χ2n) is 4.65. The van der Waals surface area contributed by atoms with Crippen LogP contribution in [0.25, 0.3) is 0 Å². The number of hydrogen-bond acceptors (Lipinski definition) is 6. The quantitative estimate of drug-likeness (QED) is 0.482. The molecule has 0 aliphatic rings. The van der Waals surface area contributed by atoms with E-state index in [1.54, 1.807) is 19.9 Å². The van der Waals surface area contributed by atoms with Crippen molar-refractivity contribution in [1.82, 2.24) is 0 Å². The zero-order valence-corrected chi connectivity index (χ0v) is 11.7. The van der Waals surface area contributed by atoms with E-state index in [2.05, 4.69) is 0 Å². The second-order valence-corrected chi connectivity index (χ2v) is 4.65. The molecule has 1 rings (SSSR count). The molecule has 0 radical (unpaired) electrons. The van der Waals surface area contributed by atoms with Gasteiger partial charge in [-0.25, -0.2) is 4.79 Å². The van der Waals surface area contributed by atoms with Crippen molar-refractivity contribution in [2.75, 3.05) is 13.2 Å². The molecule has 1 atom stereocenters. The molecule has 0 spiro atoms. The van der Waals surface area contributed by atoms with Crippen molar-refractivity contribution in [1.29, 1.82) is 0 Å². The number of rotatable bonds is 6. The Morgan fingerprint density at radius 2 is 2.15 bits per heavy atom. The minimum Gasteiger partial charge on any atom is -0.484 e. The zero-order valence-electron chi connectivity index (χ0n) is 11.7. The molecule has 0 bridgehead atoms. The lowest BCUT2D eigenvalue weighted by Gasteiger charge is -2.22. The first-order valence-electron chi connectivity index (χ1n) is 6.12. The second kappa shape index (κ2) is 6.33. The van der Waals surface area contributed by atoms with E-state index < -0.39 is 16.4 Å². The number of nitro groups is 1. The van der Waals surface area contributed by atoms with E-state index in [9.17, 15) is 14.9 Å². The molecular formula is C13H18N2O5. The maximum Gasteiger partial charge on any atom is 0.329 e. The van der Waals surface area contributed by atoms with Crippen molar-refractivity contribution in [2.45, 2.75) is 26.3 Å². The first kappa shape index (κ1) is 15.9. The number of nitrogens with zero attached hydrogens (tertiary/aromatic N) is 1. The summed E-state index contributed by atoms with van der Waals surface area (Å²) in [6, 6.07) is 4.56. The van der Waals surface area contributed by atoms with Crippen LogP contribution in [0.2, 0.25) is 0 Å². The van der Waals surface area contributed by atoms with Crippen LogP contribution in [0.4, 0.5) is 5.69 Å². The van der Waals surface area contributed by atoms with E-state index in [0.717, 1.165) is 5.56 Å². The molecule has 0 amide bonds. The lowest BCUT2D eigenvalue weighted by molar-refractivity contribution is -0.386. The van der Waals surface area contributed by atoms with E-state index in [1.807, 2.05) is 0 Å². The van der Waals surface area contributed by atoms with Crippen LogP contribution >= 0.6 is 0 Å². The van der Waals surface area contributed by atoms with Gasteiger partial charge >= 0.3 is 11.7 Å². The average molecular weight is 282 g/mol. The molecule has 7 heteroatoms. The predicted molar refractivity (Wildman–Crippen MR) is 72.6 cm³/mol. The number of carbonyl (C=O) groups is 1. The third kappa shape index (κ3) is 3.92. The summed E-state index contributed by atoms with van der Waals surface area (Å²) in [5.74, 6) is -0.545. The molecular weight excluding hydrogens is 264 g/mol. The molecule has 1 unspecified atom stereocenters. The molecule has 0 aliphatic heterocycles. The van der Waals surface area contributed by atoms with E-state index >= 15 is 0 Å². The summed E-state index contributed by atoms with van der Waals surface area (Å²) in [5, 5.41) is 10.9. The SMILES string of the molecule is CCOC(=O)C(C)(N)COc1ccc(C)cc1[N+](=O)[O-]. The zero-order chi connectivity index (χ0) is 15.3. The standard InChI is InChI=1S/C13H18N2O5/c1-4-19-12(16)13(3,14)8-20-11-6-5-9(2)7-10(11)15(17)18/h5-7H,4,8,14H2,1-3H3. The van der Waals surface area contributed by atoms with E-state index in [-0.39, 0.29) is 24.7 Å². The van der Waals surface area contributed by atoms with E-state index in [1.165, 1.54) is 19.1 Å². The van der Waals surface area contributed by atoms with Crippen molar-refractivity contribution < 1.29 is 19.2 Å². The number of hydrogen-bond donors (Lipinski definition) is 1. The van der Waals surface area contributed by atoms with Crippen LogP contribution in [0.5, 0.6) is 5.75 Å². The fraction of sp³-hybridized carbons (Fsp3) is 0.462. The fourth-order valence-electron chi connectivity index (χ4n) is 1.47. The van der Waals surface area contributed by atoms with Crippen molar-refractivity contribution in [3.63, 3.8) is 0 Å². The van der Waals surface area contributed by atoms with Crippen LogP contribution < -0.4 is 10.5 Å². The molecule has 0 saturated heterocycles. The first-order valence-corrected chi connectivity index (χ1v) is 6.12. The van der Waals surface area contributed by atoms with Crippen LogP contribution in [-0.2, 0) is 9.53 Å². The number of nitrogens with two attached hydrogens (primary N) is 1. The topological polar surface area (TPSA) is 105 Å². The number of carbonyl (C=O) groups excluding carboxylic acids is 1. The third-order valence-corrected chi connectivity index (χ3v) is 2.58. The Balaban J connectivity index is 2.84. The van der Waals surface area contributed by atoms with Crippen LogP contribution in [0, 0.1) is 17.0 Å². The van der Waals surface area contributed by atoms with Gasteiger partial charge in [-0.15, -0.1) is 0 Å². The highest BCUT2D eigenvalue weighted by Crippen LogP contribution is 2.28. The number of ether oxygens (including phenoxy) is 2. The minimum atomic E-state index is -1.37. The maximum absolute atomic E-state index is 11.6. The smallest absolute Gasteiger partial charge is 0.329 e. The number of nitro benzene ring substituents is 1. The summed E-state index contributed by atoms with van der Waals surface area (Å²) in [4.78, 5) is 22.0. The van der Waals surface area contributed by atoms with Crippen LogP contribution in [0.15, 0.2) is 18.2 Å². The lowest BCUT2D eigenvalue weighted by Crippen LogP contribution is -2.51. The monoisotopic (exact) mass is 282 g/mol.